The fraction of sp³-hybridized carbons (Fsp3) is 0.200. The fourth-order valence-corrected chi connectivity index (χ4v) is 3.07. The van der Waals surface area contributed by atoms with Gasteiger partial charge < -0.3 is 5.73 Å². The summed E-state index contributed by atoms with van der Waals surface area (Å²) in [6.45, 7) is 6.37. The first-order valence-corrected chi connectivity index (χ1v) is 7.27. The highest BCUT2D eigenvalue weighted by Gasteiger charge is 2.12. The highest BCUT2D eigenvalue weighted by Crippen LogP contribution is 2.33. The Balaban J connectivity index is 2.07. The summed E-state index contributed by atoms with van der Waals surface area (Å²) in [7, 11) is 0. The van der Waals surface area contributed by atoms with Gasteiger partial charge in [-0.1, -0.05) is 6.07 Å². The molecule has 0 aliphatic heterocycles. The number of anilines is 1. The first-order chi connectivity index (χ1) is 9.56. The second kappa shape index (κ2) is 4.76. The molecule has 2 aromatic heterocycles. The van der Waals surface area contributed by atoms with E-state index in [0.29, 0.717) is 5.82 Å². The summed E-state index contributed by atoms with van der Waals surface area (Å²) < 4.78 is 0. The third kappa shape index (κ3) is 2.10. The number of nitrogens with zero attached hydrogens (tertiary/aromatic N) is 2. The van der Waals surface area contributed by atoms with Gasteiger partial charge in [-0.15, -0.1) is 11.3 Å². The molecule has 1 aromatic carbocycles. The minimum atomic E-state index is 0.558. The minimum Gasteiger partial charge on any atom is -0.383 e. The maximum Gasteiger partial charge on any atom is 0.129 e. The molecule has 0 aliphatic rings. The van der Waals surface area contributed by atoms with Crippen LogP contribution in [0, 0.1) is 20.8 Å². The Morgan fingerprint density at radius 2 is 1.80 bits per heavy atom. The Morgan fingerprint density at radius 1 is 1.05 bits per heavy atom. The van der Waals surface area contributed by atoms with Gasteiger partial charge in [0.25, 0.3) is 0 Å². The van der Waals surface area contributed by atoms with Gasteiger partial charge in [-0.2, -0.15) is 5.10 Å². The van der Waals surface area contributed by atoms with Gasteiger partial charge in [0.1, 0.15) is 10.8 Å². The van der Waals surface area contributed by atoms with Crippen LogP contribution in [-0.2, 0) is 0 Å². The van der Waals surface area contributed by atoms with Crippen molar-refractivity contribution in [1.82, 2.24) is 15.2 Å². The minimum absolute atomic E-state index is 0.558. The Hall–Kier alpha value is -2.14. The molecule has 102 valence electrons. The van der Waals surface area contributed by atoms with Crippen molar-refractivity contribution in [3.05, 3.63) is 40.4 Å². The lowest BCUT2D eigenvalue weighted by molar-refractivity contribution is 1.10. The molecule has 0 saturated carbocycles. The number of aromatic amines is 1. The van der Waals surface area contributed by atoms with Gasteiger partial charge in [-0.25, -0.2) is 4.98 Å². The van der Waals surface area contributed by atoms with Crippen molar-refractivity contribution in [3.8, 4) is 21.8 Å². The molecule has 0 amide bonds. The maximum absolute atomic E-state index is 5.84. The molecule has 5 heteroatoms. The zero-order chi connectivity index (χ0) is 14.3. The monoisotopic (exact) mass is 284 g/mol. The standard InChI is InChI=1S/C15H16N4S/c1-8-4-10(3)11(5-9(8)2)13-7-20-15(18-13)12-6-17-19-14(12)16/h4-7H,1-3H3,(H3,16,17,19). The van der Waals surface area contributed by atoms with Gasteiger partial charge >= 0.3 is 0 Å². The second-order valence-electron chi connectivity index (χ2n) is 4.99. The smallest absolute Gasteiger partial charge is 0.129 e. The van der Waals surface area contributed by atoms with E-state index in [1.165, 1.54) is 22.3 Å². The number of H-pyrrole nitrogens is 1. The summed E-state index contributed by atoms with van der Waals surface area (Å²) in [5.41, 5.74) is 12.7. The summed E-state index contributed by atoms with van der Waals surface area (Å²) in [4.78, 5) is 4.69. The largest absolute Gasteiger partial charge is 0.383 e. The molecule has 0 aliphatic carbocycles. The van der Waals surface area contributed by atoms with Gasteiger partial charge in [-0.05, 0) is 43.5 Å². The molecule has 0 fully saturated rings. The van der Waals surface area contributed by atoms with Crippen LogP contribution in [0.1, 0.15) is 16.7 Å². The average Bonchev–Trinajstić information content (AvgIpc) is 3.02. The van der Waals surface area contributed by atoms with Crippen molar-refractivity contribution in [1.29, 1.82) is 0 Å². The van der Waals surface area contributed by atoms with Crippen LogP contribution in [0.2, 0.25) is 0 Å². The summed E-state index contributed by atoms with van der Waals surface area (Å²) in [5, 5.41) is 9.64. The Bertz CT molecular complexity index is 770. The number of thiazole rings is 1. The molecular formula is C15H16N4S. The van der Waals surface area contributed by atoms with E-state index in [9.17, 15) is 0 Å². The Kier molecular flexibility index (Phi) is 3.06. The van der Waals surface area contributed by atoms with Gasteiger partial charge in [0.05, 0.1) is 17.5 Å². The predicted molar refractivity (Wildman–Crippen MR) is 83.8 cm³/mol. The number of rotatable bonds is 2. The molecule has 0 atom stereocenters. The fourth-order valence-electron chi connectivity index (χ4n) is 2.22. The van der Waals surface area contributed by atoms with Crippen molar-refractivity contribution in [2.45, 2.75) is 20.8 Å². The third-order valence-electron chi connectivity index (χ3n) is 3.52. The van der Waals surface area contributed by atoms with Crippen LogP contribution < -0.4 is 5.73 Å². The van der Waals surface area contributed by atoms with Crippen LogP contribution in [0.25, 0.3) is 21.8 Å². The van der Waals surface area contributed by atoms with E-state index >= 15 is 0 Å². The first kappa shape index (κ1) is 12.9. The van der Waals surface area contributed by atoms with Gasteiger partial charge in [0.15, 0.2) is 0 Å². The van der Waals surface area contributed by atoms with Crippen LogP contribution in [-0.4, -0.2) is 15.2 Å². The lowest BCUT2D eigenvalue weighted by atomic mass is 9.99. The quantitative estimate of drug-likeness (QED) is 0.754. The van der Waals surface area contributed by atoms with Crippen molar-refractivity contribution in [3.63, 3.8) is 0 Å². The Morgan fingerprint density at radius 3 is 2.50 bits per heavy atom. The van der Waals surface area contributed by atoms with Crippen LogP contribution in [0.15, 0.2) is 23.7 Å². The van der Waals surface area contributed by atoms with Crippen molar-refractivity contribution >= 4 is 17.2 Å². The SMILES string of the molecule is Cc1cc(C)c(-c2csc(-c3cn[nH]c3N)n2)cc1C. The van der Waals surface area contributed by atoms with Crippen LogP contribution >= 0.6 is 11.3 Å². The number of nitrogens with two attached hydrogens (primary N) is 1. The molecular weight excluding hydrogens is 268 g/mol. The van der Waals surface area contributed by atoms with E-state index in [1.807, 2.05) is 0 Å². The van der Waals surface area contributed by atoms with Crippen LogP contribution in [0.3, 0.4) is 0 Å². The molecule has 2 heterocycles. The van der Waals surface area contributed by atoms with E-state index < -0.39 is 0 Å². The number of nitrogen functional groups attached to an aromatic ring is 1. The van der Waals surface area contributed by atoms with Crippen molar-refractivity contribution in [2.75, 3.05) is 5.73 Å². The highest BCUT2D eigenvalue weighted by atomic mass is 32.1. The molecule has 0 radical (unpaired) electrons. The number of benzene rings is 1. The Labute approximate surface area is 121 Å². The third-order valence-corrected chi connectivity index (χ3v) is 4.40. The summed E-state index contributed by atoms with van der Waals surface area (Å²) in [6, 6.07) is 4.40. The summed E-state index contributed by atoms with van der Waals surface area (Å²) >= 11 is 1.58. The number of hydrogen-bond donors (Lipinski definition) is 2. The molecule has 0 unspecified atom stereocenters. The summed E-state index contributed by atoms with van der Waals surface area (Å²) in [6.07, 6.45) is 1.71. The second-order valence-corrected chi connectivity index (χ2v) is 5.84. The predicted octanol–water partition coefficient (Wildman–Crippen LogP) is 3.71. The maximum atomic E-state index is 5.84. The molecule has 3 N–H and O–H groups in total. The molecule has 4 nitrogen and oxygen atoms in total. The average molecular weight is 284 g/mol. The van der Waals surface area contributed by atoms with Crippen LogP contribution in [0.5, 0.6) is 0 Å². The van der Waals surface area contributed by atoms with Crippen LogP contribution in [0.4, 0.5) is 5.82 Å². The molecule has 0 saturated heterocycles. The van der Waals surface area contributed by atoms with Crippen molar-refractivity contribution < 1.29 is 0 Å². The molecule has 20 heavy (non-hydrogen) atoms. The first-order valence-electron chi connectivity index (χ1n) is 6.39. The lowest BCUT2D eigenvalue weighted by Crippen LogP contribution is -1.90. The topological polar surface area (TPSA) is 67.6 Å². The summed E-state index contributed by atoms with van der Waals surface area (Å²) in [5.74, 6) is 0.558. The van der Waals surface area contributed by atoms with E-state index in [1.54, 1.807) is 17.5 Å². The lowest BCUT2D eigenvalue weighted by Gasteiger charge is -2.07. The molecule has 0 spiro atoms. The van der Waals surface area contributed by atoms with Crippen molar-refractivity contribution in [2.24, 2.45) is 0 Å². The zero-order valence-corrected chi connectivity index (χ0v) is 12.5. The molecule has 3 aromatic rings. The van der Waals surface area contributed by atoms with E-state index in [4.69, 9.17) is 10.7 Å². The van der Waals surface area contributed by atoms with Gasteiger partial charge in [-0.3, -0.25) is 5.10 Å². The molecule has 0 bridgehead atoms. The number of nitrogens with one attached hydrogen (secondary N) is 1. The molecule has 3 rings (SSSR count). The van der Waals surface area contributed by atoms with Gasteiger partial charge in [0, 0.05) is 10.9 Å². The number of aromatic nitrogens is 3. The number of aryl methyl sites for hydroxylation is 3. The van der Waals surface area contributed by atoms with E-state index in [2.05, 4.69) is 48.5 Å². The van der Waals surface area contributed by atoms with E-state index in [0.717, 1.165) is 16.3 Å². The highest BCUT2D eigenvalue weighted by molar-refractivity contribution is 7.13. The normalized spacial score (nSPS) is 10.9. The zero-order valence-electron chi connectivity index (χ0n) is 11.7. The number of hydrogen-bond acceptors (Lipinski definition) is 4. The van der Waals surface area contributed by atoms with E-state index in [-0.39, 0.29) is 0 Å². The van der Waals surface area contributed by atoms with Gasteiger partial charge in [0.2, 0.25) is 0 Å².